The highest BCUT2D eigenvalue weighted by Gasteiger charge is 2.17. The summed E-state index contributed by atoms with van der Waals surface area (Å²) in [6, 6.07) is 5.89. The molecule has 0 fully saturated rings. The van der Waals surface area contributed by atoms with Crippen LogP contribution in [0.5, 0.6) is 0 Å². The predicted octanol–water partition coefficient (Wildman–Crippen LogP) is 3.26. The van der Waals surface area contributed by atoms with Crippen molar-refractivity contribution in [2.24, 2.45) is 4.99 Å². The number of hydrogen-bond acceptors (Lipinski definition) is 5. The molecule has 0 saturated heterocycles. The summed E-state index contributed by atoms with van der Waals surface area (Å²) in [5, 5.41) is 14.0. The molecule has 0 radical (unpaired) electrons. The van der Waals surface area contributed by atoms with Crippen molar-refractivity contribution in [2.45, 2.75) is 40.0 Å². The van der Waals surface area contributed by atoms with E-state index < -0.39 is 4.92 Å². The molecule has 0 aliphatic heterocycles. The Morgan fingerprint density at radius 3 is 2.59 bits per heavy atom. The van der Waals surface area contributed by atoms with Crippen molar-refractivity contribution in [1.29, 1.82) is 0 Å². The van der Waals surface area contributed by atoms with Crippen LogP contribution >= 0.6 is 0 Å². The fraction of sp³-hybridized carbons (Fsp3) is 0.474. The van der Waals surface area contributed by atoms with Crippen LogP contribution in [0, 0.1) is 10.1 Å². The van der Waals surface area contributed by atoms with Crippen LogP contribution in [-0.2, 0) is 11.2 Å². The lowest BCUT2D eigenvalue weighted by Gasteiger charge is -2.02. The summed E-state index contributed by atoms with van der Waals surface area (Å²) < 4.78 is 6.73. The Balaban J connectivity index is 2.33. The topological polar surface area (TPSA) is 103 Å². The van der Waals surface area contributed by atoms with Crippen LogP contribution in [-0.4, -0.2) is 40.2 Å². The molecule has 0 aliphatic carbocycles. The molecule has 0 bridgehead atoms. The van der Waals surface area contributed by atoms with E-state index >= 15 is 0 Å². The van der Waals surface area contributed by atoms with Gasteiger partial charge in [-0.2, -0.15) is 0 Å². The van der Waals surface area contributed by atoms with Gasteiger partial charge in [-0.05, 0) is 38.8 Å². The number of aromatic amines is 1. The van der Waals surface area contributed by atoms with Gasteiger partial charge in [0.1, 0.15) is 0 Å². The lowest BCUT2D eigenvalue weighted by atomic mass is 10.1. The number of aromatic nitrogens is 2. The minimum absolute atomic E-state index is 0.0144. The van der Waals surface area contributed by atoms with Crippen LogP contribution < -0.4 is 5.56 Å². The number of nitrogens with zero attached hydrogens (tertiary/aromatic N) is 3. The molecule has 2 aromatic rings. The zero-order valence-corrected chi connectivity index (χ0v) is 16.0. The molecule has 0 atom stereocenters. The molecule has 146 valence electrons. The predicted molar refractivity (Wildman–Crippen MR) is 105 cm³/mol. The molecule has 27 heavy (non-hydrogen) atoms. The molecule has 8 nitrogen and oxygen atoms in total. The van der Waals surface area contributed by atoms with Gasteiger partial charge < -0.3 is 4.74 Å². The first-order chi connectivity index (χ1) is 13.0. The van der Waals surface area contributed by atoms with Crippen molar-refractivity contribution in [3.05, 3.63) is 56.0 Å². The number of ether oxygens (including phenoxy) is 1. The van der Waals surface area contributed by atoms with E-state index in [9.17, 15) is 14.9 Å². The Hall–Kier alpha value is -2.74. The first-order valence-electron chi connectivity index (χ1n) is 9.17. The highest BCUT2D eigenvalue weighted by atomic mass is 16.6. The molecule has 1 N–H and O–H groups in total. The van der Waals surface area contributed by atoms with Gasteiger partial charge in [-0.15, -0.1) is 0 Å². The zero-order valence-electron chi connectivity index (χ0n) is 16.0. The normalized spacial score (nSPS) is 11.7. The second-order valence-corrected chi connectivity index (χ2v) is 6.15. The summed E-state index contributed by atoms with van der Waals surface area (Å²) in [7, 11) is 0. The van der Waals surface area contributed by atoms with Crippen LogP contribution in [0.2, 0.25) is 0 Å². The number of H-pyrrole nitrogens is 1. The van der Waals surface area contributed by atoms with Gasteiger partial charge in [-0.25, -0.2) is 4.68 Å². The second-order valence-electron chi connectivity index (χ2n) is 6.15. The maximum Gasteiger partial charge on any atom is 0.280 e. The molecule has 0 unspecified atom stereocenters. The second kappa shape index (κ2) is 9.82. The van der Waals surface area contributed by atoms with Crippen molar-refractivity contribution < 1.29 is 9.66 Å². The Labute approximate surface area is 158 Å². The maximum atomic E-state index is 13.0. The van der Waals surface area contributed by atoms with E-state index in [1.807, 2.05) is 20.8 Å². The Kier molecular flexibility index (Phi) is 7.48. The summed E-state index contributed by atoms with van der Waals surface area (Å²) in [5.41, 5.74) is 2.44. The summed E-state index contributed by atoms with van der Waals surface area (Å²) in [6.07, 6.45) is 2.40. The van der Waals surface area contributed by atoms with Crippen LogP contribution in [0.4, 0.5) is 5.69 Å². The van der Waals surface area contributed by atoms with E-state index in [1.165, 1.54) is 16.8 Å². The van der Waals surface area contributed by atoms with E-state index in [0.717, 1.165) is 25.0 Å². The van der Waals surface area contributed by atoms with Gasteiger partial charge in [-0.1, -0.05) is 13.3 Å². The Bertz CT molecular complexity index is 850. The van der Waals surface area contributed by atoms with E-state index in [4.69, 9.17) is 4.74 Å². The smallest absolute Gasteiger partial charge is 0.280 e. The maximum absolute atomic E-state index is 13.0. The van der Waals surface area contributed by atoms with Gasteiger partial charge in [0.2, 0.25) is 0 Å². The van der Waals surface area contributed by atoms with Crippen molar-refractivity contribution in [3.63, 3.8) is 0 Å². The number of aliphatic imine (C=N–C) groups is 1. The van der Waals surface area contributed by atoms with Gasteiger partial charge in [0.15, 0.2) is 0 Å². The van der Waals surface area contributed by atoms with Gasteiger partial charge in [0.05, 0.1) is 16.2 Å². The van der Waals surface area contributed by atoms with E-state index in [2.05, 4.69) is 10.1 Å². The number of nitro groups is 1. The highest BCUT2D eigenvalue weighted by Crippen LogP contribution is 2.15. The molecule has 2 rings (SSSR count). The summed E-state index contributed by atoms with van der Waals surface area (Å²) in [5.74, 6) is 0. The van der Waals surface area contributed by atoms with E-state index in [0.29, 0.717) is 36.7 Å². The molecular weight excluding hydrogens is 348 g/mol. The van der Waals surface area contributed by atoms with Crippen LogP contribution in [0.1, 0.15) is 44.9 Å². The number of nitrogens with one attached hydrogen (secondary N) is 1. The summed E-state index contributed by atoms with van der Waals surface area (Å²) in [6.45, 7) is 7.76. The lowest BCUT2D eigenvalue weighted by molar-refractivity contribution is -0.384. The van der Waals surface area contributed by atoms with Crippen molar-refractivity contribution >= 4 is 11.4 Å². The number of rotatable bonds is 10. The van der Waals surface area contributed by atoms with Crippen LogP contribution in [0.15, 0.2) is 34.1 Å². The number of hydrogen-bond donors (Lipinski definition) is 1. The van der Waals surface area contributed by atoms with Crippen molar-refractivity contribution in [3.8, 4) is 5.69 Å². The fourth-order valence-corrected chi connectivity index (χ4v) is 2.83. The van der Waals surface area contributed by atoms with Gasteiger partial charge in [0, 0.05) is 43.3 Å². The third kappa shape index (κ3) is 5.13. The minimum Gasteiger partial charge on any atom is -0.382 e. The fourth-order valence-electron chi connectivity index (χ4n) is 2.83. The monoisotopic (exact) mass is 374 g/mol. The van der Waals surface area contributed by atoms with Crippen LogP contribution in [0.25, 0.3) is 5.69 Å². The third-order valence-electron chi connectivity index (χ3n) is 4.15. The molecule has 1 aromatic heterocycles. The third-order valence-corrected chi connectivity index (χ3v) is 4.15. The number of non-ortho nitro benzene ring substituents is 1. The lowest BCUT2D eigenvalue weighted by Crippen LogP contribution is -2.20. The quantitative estimate of drug-likeness (QED) is 0.298. The standard InChI is InChI=1S/C19H26N4O4/c1-4-7-17-18(14(3)20-12-6-13-27-5-2)19(24)22(21-17)15-8-10-16(11-9-15)23(25)26/h8-11,21H,4-7,12-13H2,1-3H3. The molecule has 0 spiro atoms. The molecule has 0 amide bonds. The first kappa shape index (κ1) is 20.6. The molecular formula is C19H26N4O4. The number of aryl methyl sites for hydroxylation is 1. The summed E-state index contributed by atoms with van der Waals surface area (Å²) in [4.78, 5) is 27.8. The summed E-state index contributed by atoms with van der Waals surface area (Å²) >= 11 is 0. The largest absolute Gasteiger partial charge is 0.382 e. The van der Waals surface area contributed by atoms with E-state index in [1.54, 1.807) is 12.1 Å². The zero-order chi connectivity index (χ0) is 19.8. The Morgan fingerprint density at radius 1 is 1.30 bits per heavy atom. The van der Waals surface area contributed by atoms with Gasteiger partial charge in [-0.3, -0.25) is 25.0 Å². The van der Waals surface area contributed by atoms with E-state index in [-0.39, 0.29) is 11.2 Å². The van der Waals surface area contributed by atoms with Gasteiger partial charge >= 0.3 is 0 Å². The first-order valence-corrected chi connectivity index (χ1v) is 9.17. The average Bonchev–Trinajstić information content (AvgIpc) is 2.98. The average molecular weight is 374 g/mol. The highest BCUT2D eigenvalue weighted by molar-refractivity contribution is 5.99. The molecule has 1 aromatic carbocycles. The molecule has 1 heterocycles. The van der Waals surface area contributed by atoms with Crippen molar-refractivity contribution in [1.82, 2.24) is 9.78 Å². The minimum atomic E-state index is -0.464. The Morgan fingerprint density at radius 2 is 2.00 bits per heavy atom. The molecule has 0 saturated carbocycles. The number of benzene rings is 1. The molecule has 8 heteroatoms. The van der Waals surface area contributed by atoms with Gasteiger partial charge in [0.25, 0.3) is 11.2 Å². The van der Waals surface area contributed by atoms with Crippen LogP contribution in [0.3, 0.4) is 0 Å². The van der Waals surface area contributed by atoms with Crippen molar-refractivity contribution in [2.75, 3.05) is 19.8 Å². The SMILES string of the molecule is CCCc1[nH]n(-c2ccc([N+](=O)[O-])cc2)c(=O)c1C(C)=NCCCOCC. The molecule has 0 aliphatic rings. The number of nitro benzene ring substituents is 1.